The van der Waals surface area contributed by atoms with E-state index in [1.807, 2.05) is 30.4 Å². The van der Waals surface area contributed by atoms with Crippen LogP contribution in [0.15, 0.2) is 158 Å². The smallest absolute Gasteiger partial charge is 0.462 e. The zero-order chi connectivity index (χ0) is 77.4. The number of phosphoric acid groups is 2. The fourth-order valence-corrected chi connectivity index (χ4v) is 12.0. The summed E-state index contributed by atoms with van der Waals surface area (Å²) >= 11 is 0. The standard InChI is InChI=1S/C87H144O17P2/c1-5-9-13-17-21-25-29-33-37-39-40-42-46-48-52-56-60-64-68-72-85(90)98-78-83(104-87(92)74-70-66-62-58-54-50-44-36-32-28-24-20-16-12-8-4)80-102-106(95,96)100-76-81(88)75-99-105(93,94)101-79-82(103-86(91)73-69-65-61-57-53-49-43-35-31-27-23-19-15-11-7-3)77-97-84(89)71-67-63-59-55-51-47-45-41-38-34-30-26-22-18-14-10-6-2/h9-10,13-14,21-22,24-26,28,33-34,36-38,40,42,44-45,47-48,52,55,59-60,64,81-83,88H,5-8,11-12,15-20,23,27,29-32,35,39,41,43,46,49-51,53-54,56-58,61-63,65-80H2,1-4H3,(H,93,94)(H,95,96)/b13-9-,14-10-,25-21-,26-22-,28-24-,37-33-,38-34-,42-40-,44-36-,47-45-,52-48-,59-55-,64-60-. The van der Waals surface area contributed by atoms with E-state index < -0.39 is 97.5 Å². The Kier molecular flexibility index (Phi) is 73.9. The van der Waals surface area contributed by atoms with Gasteiger partial charge in [0.15, 0.2) is 12.2 Å². The third kappa shape index (κ3) is 76.9. The number of unbranched alkanes of at least 4 members (excludes halogenated alkanes) is 23. The van der Waals surface area contributed by atoms with Gasteiger partial charge in [0, 0.05) is 25.7 Å². The first-order chi connectivity index (χ1) is 51.7. The lowest BCUT2D eigenvalue weighted by Crippen LogP contribution is -2.30. The van der Waals surface area contributed by atoms with Gasteiger partial charge in [-0.3, -0.25) is 37.3 Å². The number of allylic oxidation sites excluding steroid dienone is 26. The molecule has 19 heteroatoms. The molecule has 106 heavy (non-hydrogen) atoms. The lowest BCUT2D eigenvalue weighted by molar-refractivity contribution is -0.161. The van der Waals surface area contributed by atoms with E-state index in [9.17, 15) is 43.2 Å². The molecule has 0 aromatic carbocycles. The molecule has 0 rings (SSSR count). The number of carbonyl (C=O) groups excluding carboxylic acids is 4. The van der Waals surface area contributed by atoms with Gasteiger partial charge in [0.2, 0.25) is 0 Å². The highest BCUT2D eigenvalue weighted by Gasteiger charge is 2.30. The molecule has 3 N–H and O–H groups in total. The molecule has 0 aliphatic heterocycles. The van der Waals surface area contributed by atoms with Gasteiger partial charge >= 0.3 is 39.5 Å². The summed E-state index contributed by atoms with van der Waals surface area (Å²) in [5, 5.41) is 10.6. The van der Waals surface area contributed by atoms with Crippen LogP contribution in [-0.2, 0) is 65.4 Å². The summed E-state index contributed by atoms with van der Waals surface area (Å²) in [6, 6.07) is 0. The highest BCUT2D eigenvalue weighted by Crippen LogP contribution is 2.45. The first-order valence-electron chi connectivity index (χ1n) is 40.7. The zero-order valence-corrected chi connectivity index (χ0v) is 67.8. The summed E-state index contributed by atoms with van der Waals surface area (Å²) < 4.78 is 68.5. The van der Waals surface area contributed by atoms with E-state index >= 15 is 0 Å². The van der Waals surface area contributed by atoms with Crippen molar-refractivity contribution < 1.29 is 80.2 Å². The van der Waals surface area contributed by atoms with Gasteiger partial charge in [-0.15, -0.1) is 0 Å². The van der Waals surface area contributed by atoms with Crippen LogP contribution < -0.4 is 0 Å². The van der Waals surface area contributed by atoms with Crippen LogP contribution in [0, 0.1) is 0 Å². The Balaban J connectivity index is 5.49. The molecule has 0 saturated heterocycles. The van der Waals surface area contributed by atoms with Crippen LogP contribution in [0.25, 0.3) is 0 Å². The van der Waals surface area contributed by atoms with Crippen LogP contribution >= 0.6 is 15.6 Å². The van der Waals surface area contributed by atoms with E-state index in [2.05, 4.69) is 155 Å². The Bertz CT molecular complexity index is 2630. The summed E-state index contributed by atoms with van der Waals surface area (Å²) in [7, 11) is -10.0. The summed E-state index contributed by atoms with van der Waals surface area (Å²) in [6.45, 7) is 4.47. The molecular weight excluding hydrogens is 1380 g/mol. The third-order valence-electron chi connectivity index (χ3n) is 16.5. The lowest BCUT2D eigenvalue weighted by atomic mass is 10.0. The molecule has 604 valence electrons. The molecule has 0 radical (unpaired) electrons. The molecule has 0 aliphatic rings. The number of hydrogen-bond donors (Lipinski definition) is 3. The van der Waals surface area contributed by atoms with E-state index in [-0.39, 0.29) is 25.7 Å². The second-order valence-corrected chi connectivity index (χ2v) is 29.5. The maximum Gasteiger partial charge on any atom is 0.472 e. The van der Waals surface area contributed by atoms with Gasteiger partial charge in [0.05, 0.1) is 26.4 Å². The SMILES string of the molecule is CC/C=C\C/C=C\C/C=C\C/C=C\C/C=C\C/C=C\CCC(=O)OCC(COP(=O)(O)OCC(O)COP(=O)(O)OCC(COC(=O)CCC/C=C\C/C=C\C/C=C\C/C=C\C/C=C\CC)OC(=O)CCCCCCCCCCCCCCCCC)OC(=O)CCCCCCC/C=C\C/C=C\CCCCC. The fraction of sp³-hybridized carbons (Fsp3) is 0.655. The molecule has 0 bridgehead atoms. The molecule has 0 spiro atoms. The van der Waals surface area contributed by atoms with Gasteiger partial charge in [-0.2, -0.15) is 0 Å². The quantitative estimate of drug-likeness (QED) is 0.0169. The second kappa shape index (κ2) is 77.8. The predicted molar refractivity (Wildman–Crippen MR) is 436 cm³/mol. The van der Waals surface area contributed by atoms with Crippen molar-refractivity contribution in [2.45, 2.75) is 329 Å². The van der Waals surface area contributed by atoms with Crippen molar-refractivity contribution in [3.63, 3.8) is 0 Å². The molecule has 0 fully saturated rings. The molecule has 0 aromatic rings. The molecule has 5 atom stereocenters. The second-order valence-electron chi connectivity index (χ2n) is 26.6. The Morgan fingerprint density at radius 2 is 0.519 bits per heavy atom. The van der Waals surface area contributed by atoms with Gasteiger partial charge in [0.25, 0.3) is 0 Å². The molecule has 0 amide bonds. The number of aliphatic hydroxyl groups excluding tert-OH is 1. The summed E-state index contributed by atoms with van der Waals surface area (Å²) in [5.74, 6) is -2.36. The van der Waals surface area contributed by atoms with E-state index in [4.69, 9.17) is 37.0 Å². The molecule has 0 aromatic heterocycles. The first kappa shape index (κ1) is 101. The fourth-order valence-electron chi connectivity index (χ4n) is 10.4. The van der Waals surface area contributed by atoms with Crippen LogP contribution in [0.5, 0.6) is 0 Å². The number of esters is 4. The van der Waals surface area contributed by atoms with Gasteiger partial charge in [-0.25, -0.2) is 9.13 Å². The number of rotatable bonds is 75. The zero-order valence-electron chi connectivity index (χ0n) is 66.1. The molecule has 17 nitrogen and oxygen atoms in total. The van der Waals surface area contributed by atoms with Crippen LogP contribution in [-0.4, -0.2) is 96.7 Å². The number of ether oxygens (including phenoxy) is 4. The predicted octanol–water partition coefficient (Wildman–Crippen LogP) is 24.0. The average molecular weight is 1520 g/mol. The largest absolute Gasteiger partial charge is 0.472 e. The van der Waals surface area contributed by atoms with Gasteiger partial charge in [-0.05, 0) is 135 Å². The number of hydrogen-bond acceptors (Lipinski definition) is 15. The Labute approximate surface area is 642 Å². The first-order valence-corrected chi connectivity index (χ1v) is 43.7. The molecular formula is C87H144O17P2. The van der Waals surface area contributed by atoms with Crippen LogP contribution in [0.1, 0.15) is 310 Å². The van der Waals surface area contributed by atoms with E-state index in [1.54, 1.807) is 0 Å². The van der Waals surface area contributed by atoms with Crippen molar-refractivity contribution in [3.05, 3.63) is 158 Å². The number of carbonyl (C=O) groups is 4. The van der Waals surface area contributed by atoms with E-state index in [0.29, 0.717) is 38.5 Å². The normalized spacial score (nSPS) is 14.7. The van der Waals surface area contributed by atoms with Crippen molar-refractivity contribution in [3.8, 4) is 0 Å². The minimum atomic E-state index is -5.01. The monoisotopic (exact) mass is 1520 g/mol. The minimum absolute atomic E-state index is 0.0278. The number of aliphatic hydroxyl groups is 1. The summed E-state index contributed by atoms with van der Waals surface area (Å²) in [4.78, 5) is 73.0. The van der Waals surface area contributed by atoms with Crippen LogP contribution in [0.3, 0.4) is 0 Å². The summed E-state index contributed by atoms with van der Waals surface area (Å²) in [6.07, 6.45) is 91.0. The van der Waals surface area contributed by atoms with E-state index in [1.165, 1.54) is 83.5 Å². The van der Waals surface area contributed by atoms with Crippen LogP contribution in [0.4, 0.5) is 0 Å². The number of phosphoric ester groups is 2. The summed E-state index contributed by atoms with van der Waals surface area (Å²) in [5.41, 5.74) is 0. The molecule has 5 unspecified atom stereocenters. The van der Waals surface area contributed by atoms with Gasteiger partial charge in [0.1, 0.15) is 19.3 Å². The molecule has 0 heterocycles. The third-order valence-corrected chi connectivity index (χ3v) is 18.4. The van der Waals surface area contributed by atoms with Crippen molar-refractivity contribution in [1.82, 2.24) is 0 Å². The van der Waals surface area contributed by atoms with Crippen molar-refractivity contribution >= 4 is 39.5 Å². The maximum absolute atomic E-state index is 13.1. The minimum Gasteiger partial charge on any atom is -0.462 e. The molecule has 0 aliphatic carbocycles. The Morgan fingerprint density at radius 1 is 0.274 bits per heavy atom. The van der Waals surface area contributed by atoms with Crippen LogP contribution in [0.2, 0.25) is 0 Å². The van der Waals surface area contributed by atoms with Crippen molar-refractivity contribution in [2.75, 3.05) is 39.6 Å². The average Bonchev–Trinajstić information content (AvgIpc) is 0.909. The lowest BCUT2D eigenvalue weighted by Gasteiger charge is -2.21. The van der Waals surface area contributed by atoms with Crippen molar-refractivity contribution in [1.29, 1.82) is 0 Å². The molecule has 0 saturated carbocycles. The highest BCUT2D eigenvalue weighted by atomic mass is 31.2. The van der Waals surface area contributed by atoms with Gasteiger partial charge in [-0.1, -0.05) is 308 Å². The van der Waals surface area contributed by atoms with Crippen molar-refractivity contribution in [2.24, 2.45) is 0 Å². The Morgan fingerprint density at radius 3 is 0.858 bits per heavy atom. The van der Waals surface area contributed by atoms with Gasteiger partial charge < -0.3 is 33.8 Å². The highest BCUT2D eigenvalue weighted by molar-refractivity contribution is 7.47. The maximum atomic E-state index is 13.1. The topological polar surface area (TPSA) is 237 Å². The Hall–Kier alpha value is -5.32. The van der Waals surface area contributed by atoms with E-state index in [0.717, 1.165) is 135 Å².